The van der Waals surface area contributed by atoms with E-state index in [9.17, 15) is 0 Å². The maximum Gasteiger partial charge on any atom is 0.159 e. The normalized spacial score (nSPS) is 10.6. The van der Waals surface area contributed by atoms with Gasteiger partial charge in [0.15, 0.2) is 5.82 Å². The van der Waals surface area contributed by atoms with Crippen LogP contribution in [0, 0.1) is 13.8 Å². The Balaban J connectivity index is 2.54. The molecule has 0 aromatic carbocycles. The Morgan fingerprint density at radius 1 is 1.24 bits per heavy atom. The number of hydrogen-bond acceptors (Lipinski definition) is 4. The van der Waals surface area contributed by atoms with Crippen LogP contribution in [0.4, 0.5) is 5.82 Å². The summed E-state index contributed by atoms with van der Waals surface area (Å²) in [5.41, 5.74) is 2.07. The third-order valence-electron chi connectivity index (χ3n) is 2.56. The number of hydrogen-bond donors (Lipinski definition) is 1. The first kappa shape index (κ1) is 11.6. The van der Waals surface area contributed by atoms with Crippen molar-refractivity contribution < 1.29 is 0 Å². The van der Waals surface area contributed by atoms with Gasteiger partial charge in [0, 0.05) is 25.2 Å². The van der Waals surface area contributed by atoms with Gasteiger partial charge in [0.1, 0.15) is 11.6 Å². The third-order valence-corrected chi connectivity index (χ3v) is 2.56. The molecule has 0 fully saturated rings. The van der Waals surface area contributed by atoms with E-state index in [1.165, 1.54) is 0 Å². The first-order chi connectivity index (χ1) is 8.13. The van der Waals surface area contributed by atoms with Crippen molar-refractivity contribution in [3.8, 4) is 5.82 Å². The van der Waals surface area contributed by atoms with Crippen LogP contribution in [-0.4, -0.2) is 26.8 Å². The van der Waals surface area contributed by atoms with Crippen molar-refractivity contribution in [1.29, 1.82) is 0 Å². The van der Waals surface area contributed by atoms with Gasteiger partial charge in [0.25, 0.3) is 0 Å². The van der Waals surface area contributed by atoms with Gasteiger partial charge in [-0.05, 0) is 19.9 Å². The van der Waals surface area contributed by atoms with Gasteiger partial charge in [-0.3, -0.25) is 0 Å². The summed E-state index contributed by atoms with van der Waals surface area (Å²) in [5.74, 6) is 2.45. The van der Waals surface area contributed by atoms with Gasteiger partial charge < -0.3 is 5.32 Å². The molecular weight excluding hydrogens is 214 g/mol. The van der Waals surface area contributed by atoms with Crippen molar-refractivity contribution in [2.45, 2.75) is 27.2 Å². The molecule has 2 aromatic rings. The SMILES string of the molecule is CCc1nc(NC)cc(-n2nc(C)cc2C)n1. The monoisotopic (exact) mass is 231 g/mol. The van der Waals surface area contributed by atoms with Gasteiger partial charge in [0.05, 0.1) is 5.69 Å². The van der Waals surface area contributed by atoms with Gasteiger partial charge in [-0.1, -0.05) is 6.92 Å². The zero-order valence-electron chi connectivity index (χ0n) is 10.7. The van der Waals surface area contributed by atoms with E-state index in [1.807, 2.05) is 44.6 Å². The third kappa shape index (κ3) is 2.27. The van der Waals surface area contributed by atoms with Crippen molar-refractivity contribution >= 4 is 5.82 Å². The van der Waals surface area contributed by atoms with Crippen LogP contribution in [0.3, 0.4) is 0 Å². The molecule has 2 heterocycles. The molecule has 90 valence electrons. The van der Waals surface area contributed by atoms with Crippen LogP contribution in [0.2, 0.25) is 0 Å². The lowest BCUT2D eigenvalue weighted by molar-refractivity contribution is 0.784. The number of aromatic nitrogens is 4. The molecule has 1 N–H and O–H groups in total. The molecule has 0 aliphatic heterocycles. The molecule has 0 saturated heterocycles. The molecule has 0 radical (unpaired) electrons. The molecule has 5 heteroatoms. The number of rotatable bonds is 3. The number of anilines is 1. The summed E-state index contributed by atoms with van der Waals surface area (Å²) in [5, 5.41) is 7.48. The lowest BCUT2D eigenvalue weighted by Gasteiger charge is -2.08. The minimum Gasteiger partial charge on any atom is -0.373 e. The standard InChI is InChI=1S/C12H17N5/c1-5-10-14-11(13-4)7-12(15-10)17-9(3)6-8(2)16-17/h6-7H,5H2,1-4H3,(H,13,14,15). The summed E-state index contributed by atoms with van der Waals surface area (Å²) in [6.07, 6.45) is 0.807. The highest BCUT2D eigenvalue weighted by Gasteiger charge is 2.08. The van der Waals surface area contributed by atoms with Gasteiger partial charge in [-0.25, -0.2) is 14.6 Å². The largest absolute Gasteiger partial charge is 0.373 e. The molecule has 2 rings (SSSR count). The van der Waals surface area contributed by atoms with Gasteiger partial charge >= 0.3 is 0 Å². The quantitative estimate of drug-likeness (QED) is 0.876. The molecule has 5 nitrogen and oxygen atoms in total. The molecule has 17 heavy (non-hydrogen) atoms. The molecule has 0 aliphatic carbocycles. The smallest absolute Gasteiger partial charge is 0.159 e. The average molecular weight is 231 g/mol. The highest BCUT2D eigenvalue weighted by atomic mass is 15.3. The summed E-state index contributed by atoms with van der Waals surface area (Å²) < 4.78 is 1.84. The van der Waals surface area contributed by atoms with E-state index in [4.69, 9.17) is 0 Å². The molecular formula is C12H17N5. The average Bonchev–Trinajstić information content (AvgIpc) is 2.67. The topological polar surface area (TPSA) is 55.6 Å². The Morgan fingerprint density at radius 3 is 2.53 bits per heavy atom. The van der Waals surface area contributed by atoms with Gasteiger partial charge in [-0.2, -0.15) is 5.10 Å². The fraction of sp³-hybridized carbons (Fsp3) is 0.417. The van der Waals surface area contributed by atoms with Crippen LogP contribution >= 0.6 is 0 Å². The minimum absolute atomic E-state index is 0.807. The van der Waals surface area contributed by atoms with Crippen molar-refractivity contribution in [3.05, 3.63) is 29.3 Å². The molecule has 0 saturated carbocycles. The van der Waals surface area contributed by atoms with Gasteiger partial charge in [-0.15, -0.1) is 0 Å². The van der Waals surface area contributed by atoms with Crippen molar-refractivity contribution in [2.24, 2.45) is 0 Å². The second-order valence-electron chi connectivity index (χ2n) is 3.97. The van der Waals surface area contributed by atoms with Crippen LogP contribution in [-0.2, 0) is 6.42 Å². The highest BCUT2D eigenvalue weighted by Crippen LogP contribution is 2.13. The highest BCUT2D eigenvalue weighted by molar-refractivity contribution is 5.41. The van der Waals surface area contributed by atoms with E-state index in [-0.39, 0.29) is 0 Å². The van der Waals surface area contributed by atoms with Gasteiger partial charge in [0.2, 0.25) is 0 Å². The van der Waals surface area contributed by atoms with Crippen LogP contribution in [0.5, 0.6) is 0 Å². The van der Waals surface area contributed by atoms with E-state index in [1.54, 1.807) is 0 Å². The first-order valence-corrected chi connectivity index (χ1v) is 5.73. The van der Waals surface area contributed by atoms with E-state index in [0.717, 1.165) is 35.3 Å². The van der Waals surface area contributed by atoms with E-state index >= 15 is 0 Å². The molecule has 0 atom stereocenters. The fourth-order valence-corrected chi connectivity index (χ4v) is 1.74. The predicted molar refractivity (Wildman–Crippen MR) is 67.6 cm³/mol. The molecule has 0 spiro atoms. The van der Waals surface area contributed by atoms with E-state index < -0.39 is 0 Å². The Labute approximate surface area is 101 Å². The predicted octanol–water partition coefficient (Wildman–Crippen LogP) is 1.88. The Bertz CT molecular complexity index is 507. The lowest BCUT2D eigenvalue weighted by Crippen LogP contribution is -2.07. The second-order valence-corrected chi connectivity index (χ2v) is 3.97. The van der Waals surface area contributed by atoms with Crippen LogP contribution in [0.25, 0.3) is 5.82 Å². The van der Waals surface area contributed by atoms with Crippen LogP contribution < -0.4 is 5.32 Å². The molecule has 0 amide bonds. The molecule has 0 unspecified atom stereocenters. The zero-order valence-corrected chi connectivity index (χ0v) is 10.7. The minimum atomic E-state index is 0.807. The summed E-state index contributed by atoms with van der Waals surface area (Å²) in [6.45, 7) is 6.04. The van der Waals surface area contributed by atoms with Crippen LogP contribution in [0.15, 0.2) is 12.1 Å². The molecule has 2 aromatic heterocycles. The Kier molecular flexibility index (Phi) is 3.08. The van der Waals surface area contributed by atoms with E-state index in [2.05, 4.69) is 20.4 Å². The lowest BCUT2D eigenvalue weighted by atomic mass is 10.4. The fourth-order valence-electron chi connectivity index (χ4n) is 1.74. The maximum absolute atomic E-state index is 4.49. The summed E-state index contributed by atoms with van der Waals surface area (Å²) >= 11 is 0. The number of aryl methyl sites for hydroxylation is 3. The molecule has 0 aliphatic rings. The zero-order chi connectivity index (χ0) is 12.4. The second kappa shape index (κ2) is 4.53. The summed E-state index contributed by atoms with van der Waals surface area (Å²) in [7, 11) is 1.85. The Hall–Kier alpha value is -1.91. The van der Waals surface area contributed by atoms with Crippen molar-refractivity contribution in [2.75, 3.05) is 12.4 Å². The number of nitrogens with one attached hydrogen (secondary N) is 1. The van der Waals surface area contributed by atoms with Crippen molar-refractivity contribution in [3.63, 3.8) is 0 Å². The van der Waals surface area contributed by atoms with Crippen LogP contribution in [0.1, 0.15) is 24.1 Å². The van der Waals surface area contributed by atoms with Crippen molar-refractivity contribution in [1.82, 2.24) is 19.7 Å². The Morgan fingerprint density at radius 2 is 2.00 bits per heavy atom. The first-order valence-electron chi connectivity index (χ1n) is 5.73. The molecule has 0 bridgehead atoms. The van der Waals surface area contributed by atoms with E-state index in [0.29, 0.717) is 0 Å². The number of nitrogens with zero attached hydrogens (tertiary/aromatic N) is 4. The summed E-state index contributed by atoms with van der Waals surface area (Å²) in [4.78, 5) is 8.86. The maximum atomic E-state index is 4.49. The summed E-state index contributed by atoms with van der Waals surface area (Å²) in [6, 6.07) is 3.94.